The third kappa shape index (κ3) is 1.49. The summed E-state index contributed by atoms with van der Waals surface area (Å²) in [6, 6.07) is 0. The zero-order chi connectivity index (χ0) is 11.0. The lowest BCUT2D eigenvalue weighted by Gasteiger charge is -2.05. The lowest BCUT2D eigenvalue weighted by Crippen LogP contribution is -2.16. The number of nitrogens with zero attached hydrogens (tertiary/aromatic N) is 5. The quantitative estimate of drug-likeness (QED) is 0.627. The number of hydrogen-bond donors (Lipinski definition) is 0. The first-order valence-electron chi connectivity index (χ1n) is 4.73. The Kier molecular flexibility index (Phi) is 2.22. The van der Waals surface area contributed by atoms with Crippen LogP contribution in [0.4, 0.5) is 0 Å². The summed E-state index contributed by atoms with van der Waals surface area (Å²) < 4.78 is 1.85. The van der Waals surface area contributed by atoms with Gasteiger partial charge in [-0.15, -0.1) is 0 Å². The molecule has 2 aromatic heterocycles. The number of aromatic nitrogens is 4. The van der Waals surface area contributed by atoms with E-state index < -0.39 is 0 Å². The Morgan fingerprint density at radius 2 is 1.87 bits per heavy atom. The molecule has 2 rings (SSSR count). The fourth-order valence-electron chi connectivity index (χ4n) is 1.41. The van der Waals surface area contributed by atoms with Crippen molar-refractivity contribution in [3.63, 3.8) is 0 Å². The van der Waals surface area contributed by atoms with Crippen LogP contribution in [0.1, 0.15) is 11.4 Å². The lowest BCUT2D eigenvalue weighted by molar-refractivity contribution is 0.858. The van der Waals surface area contributed by atoms with Gasteiger partial charge in [0.1, 0.15) is 0 Å². The molecular weight excluding hydrogens is 190 g/mol. The van der Waals surface area contributed by atoms with Crippen LogP contribution in [0.15, 0.2) is 11.3 Å². The van der Waals surface area contributed by atoms with Crippen LogP contribution in [0.2, 0.25) is 0 Å². The van der Waals surface area contributed by atoms with Gasteiger partial charge in [0.05, 0.1) is 17.7 Å². The van der Waals surface area contributed by atoms with Crippen LogP contribution < -0.4 is 5.49 Å². The van der Waals surface area contributed by atoms with E-state index in [1.165, 1.54) is 0 Å². The van der Waals surface area contributed by atoms with Crippen molar-refractivity contribution in [3.05, 3.63) is 23.2 Å². The lowest BCUT2D eigenvalue weighted by atomic mass is 10.3. The second kappa shape index (κ2) is 3.42. The molecule has 0 aliphatic heterocycles. The summed E-state index contributed by atoms with van der Waals surface area (Å²) in [6.45, 7) is 3.89. The minimum absolute atomic E-state index is 0.638. The first kappa shape index (κ1) is 9.76. The summed E-state index contributed by atoms with van der Waals surface area (Å²) in [7, 11) is 3.61. The first-order valence-corrected chi connectivity index (χ1v) is 4.73. The van der Waals surface area contributed by atoms with Crippen LogP contribution in [0.25, 0.3) is 11.2 Å². The molecule has 0 spiro atoms. The van der Waals surface area contributed by atoms with Crippen molar-refractivity contribution in [2.45, 2.75) is 13.8 Å². The van der Waals surface area contributed by atoms with Crippen LogP contribution in [-0.4, -0.2) is 26.6 Å². The predicted molar refractivity (Wildman–Crippen MR) is 57.3 cm³/mol. The van der Waals surface area contributed by atoms with Gasteiger partial charge >= 0.3 is 0 Å². The molecule has 78 valence electrons. The van der Waals surface area contributed by atoms with Gasteiger partial charge in [-0.25, -0.2) is 15.0 Å². The predicted octanol–water partition coefficient (Wildman–Crippen LogP) is 0.511. The third-order valence-electron chi connectivity index (χ3n) is 2.40. The number of hydrogen-bond acceptors (Lipinski definition) is 4. The second-order valence-corrected chi connectivity index (χ2v) is 3.47. The monoisotopic (exact) mass is 203 g/mol. The molecular formula is C10H13N5. The zero-order valence-corrected chi connectivity index (χ0v) is 9.31. The molecule has 5 heteroatoms. The SMILES string of the molecule is CN=c1ncn(C)c2nc(C)c(C)nc12. The van der Waals surface area contributed by atoms with Crippen molar-refractivity contribution in [2.75, 3.05) is 7.05 Å². The smallest absolute Gasteiger partial charge is 0.178 e. The van der Waals surface area contributed by atoms with E-state index in [9.17, 15) is 0 Å². The number of fused-ring (bicyclic) bond motifs is 1. The number of rotatable bonds is 0. The van der Waals surface area contributed by atoms with Crippen molar-refractivity contribution in [3.8, 4) is 0 Å². The van der Waals surface area contributed by atoms with Gasteiger partial charge in [-0.1, -0.05) is 0 Å². The summed E-state index contributed by atoms with van der Waals surface area (Å²) in [5, 5.41) is 0. The fraction of sp³-hybridized carbons (Fsp3) is 0.400. The van der Waals surface area contributed by atoms with Crippen molar-refractivity contribution < 1.29 is 0 Å². The Labute approximate surface area is 87.6 Å². The summed E-state index contributed by atoms with van der Waals surface area (Å²) in [6.07, 6.45) is 1.70. The van der Waals surface area contributed by atoms with Gasteiger partial charge in [-0.3, -0.25) is 4.99 Å². The zero-order valence-electron chi connectivity index (χ0n) is 9.31. The minimum Gasteiger partial charge on any atom is -0.318 e. The van der Waals surface area contributed by atoms with E-state index in [0.717, 1.165) is 22.6 Å². The summed E-state index contributed by atoms with van der Waals surface area (Å²) in [5.74, 6) is 0. The van der Waals surface area contributed by atoms with E-state index in [-0.39, 0.29) is 0 Å². The number of aryl methyl sites for hydroxylation is 3. The van der Waals surface area contributed by atoms with Crippen molar-refractivity contribution in [1.29, 1.82) is 0 Å². The van der Waals surface area contributed by atoms with Crippen LogP contribution in [0.5, 0.6) is 0 Å². The standard InChI is InChI=1S/C10H13N5/c1-6-7(2)14-10-8(13-6)9(11-3)12-5-15(10)4/h5H,1-4H3. The maximum absolute atomic E-state index is 4.48. The molecule has 0 aliphatic rings. The Balaban J connectivity index is 3.02. The van der Waals surface area contributed by atoms with Crippen LogP contribution in [0.3, 0.4) is 0 Å². The highest BCUT2D eigenvalue weighted by Crippen LogP contribution is 2.06. The molecule has 2 heterocycles. The van der Waals surface area contributed by atoms with Gasteiger partial charge in [0.2, 0.25) is 0 Å². The van der Waals surface area contributed by atoms with E-state index in [1.807, 2.05) is 25.5 Å². The van der Waals surface area contributed by atoms with Crippen molar-refractivity contribution in [2.24, 2.45) is 12.0 Å². The highest BCUT2D eigenvalue weighted by molar-refractivity contribution is 5.68. The minimum atomic E-state index is 0.638. The van der Waals surface area contributed by atoms with Gasteiger partial charge in [-0.05, 0) is 13.8 Å². The Hall–Kier alpha value is -1.78. The van der Waals surface area contributed by atoms with Gasteiger partial charge in [-0.2, -0.15) is 0 Å². The second-order valence-electron chi connectivity index (χ2n) is 3.47. The molecule has 0 amide bonds. The average molecular weight is 203 g/mol. The molecule has 0 saturated heterocycles. The van der Waals surface area contributed by atoms with E-state index in [1.54, 1.807) is 13.4 Å². The molecule has 0 atom stereocenters. The molecule has 0 radical (unpaired) electrons. The third-order valence-corrected chi connectivity index (χ3v) is 2.40. The highest BCUT2D eigenvalue weighted by atomic mass is 15.1. The highest BCUT2D eigenvalue weighted by Gasteiger charge is 2.05. The first-order chi connectivity index (χ1) is 7.13. The molecule has 0 N–H and O–H groups in total. The fourth-order valence-corrected chi connectivity index (χ4v) is 1.41. The Morgan fingerprint density at radius 1 is 1.20 bits per heavy atom. The van der Waals surface area contributed by atoms with Gasteiger partial charge in [0.25, 0.3) is 0 Å². The Bertz CT molecular complexity index is 582. The Morgan fingerprint density at radius 3 is 2.53 bits per heavy atom. The maximum Gasteiger partial charge on any atom is 0.178 e. The van der Waals surface area contributed by atoms with E-state index in [4.69, 9.17) is 0 Å². The molecule has 0 unspecified atom stereocenters. The average Bonchev–Trinajstić information content (AvgIpc) is 2.22. The van der Waals surface area contributed by atoms with Crippen LogP contribution in [0, 0.1) is 13.8 Å². The molecule has 2 aromatic rings. The summed E-state index contributed by atoms with van der Waals surface area (Å²) >= 11 is 0. The van der Waals surface area contributed by atoms with Gasteiger partial charge in [0, 0.05) is 14.1 Å². The summed E-state index contributed by atoms with van der Waals surface area (Å²) in [4.78, 5) is 17.2. The molecule has 0 aliphatic carbocycles. The molecule has 0 saturated carbocycles. The van der Waals surface area contributed by atoms with Gasteiger partial charge in [0.15, 0.2) is 16.7 Å². The van der Waals surface area contributed by atoms with Crippen molar-refractivity contribution in [1.82, 2.24) is 19.5 Å². The molecule has 0 fully saturated rings. The van der Waals surface area contributed by atoms with E-state index >= 15 is 0 Å². The molecule has 0 bridgehead atoms. The van der Waals surface area contributed by atoms with Crippen LogP contribution in [-0.2, 0) is 7.05 Å². The largest absolute Gasteiger partial charge is 0.318 e. The van der Waals surface area contributed by atoms with E-state index in [2.05, 4.69) is 19.9 Å². The molecule has 15 heavy (non-hydrogen) atoms. The molecule has 0 aromatic carbocycles. The molecule has 5 nitrogen and oxygen atoms in total. The van der Waals surface area contributed by atoms with E-state index in [0.29, 0.717) is 5.49 Å². The van der Waals surface area contributed by atoms with Crippen molar-refractivity contribution >= 4 is 11.2 Å². The maximum atomic E-state index is 4.48. The van der Waals surface area contributed by atoms with Gasteiger partial charge < -0.3 is 4.57 Å². The normalized spacial score (nSPS) is 12.4. The van der Waals surface area contributed by atoms with Crippen LogP contribution >= 0.6 is 0 Å². The topological polar surface area (TPSA) is 56.0 Å². The summed E-state index contributed by atoms with van der Waals surface area (Å²) in [5.41, 5.74) is 4.06.